The molecule has 0 aliphatic heterocycles. The summed E-state index contributed by atoms with van der Waals surface area (Å²) in [5, 5.41) is 2.88. The van der Waals surface area contributed by atoms with Gasteiger partial charge in [0, 0.05) is 25.8 Å². The molecule has 1 aliphatic rings. The van der Waals surface area contributed by atoms with Crippen molar-refractivity contribution in [2.75, 3.05) is 25.5 Å². The second-order valence-electron chi connectivity index (χ2n) is 5.56. The van der Waals surface area contributed by atoms with Gasteiger partial charge in [-0.15, -0.1) is 0 Å². The van der Waals surface area contributed by atoms with Gasteiger partial charge >= 0.3 is 6.18 Å². The van der Waals surface area contributed by atoms with E-state index in [0.717, 1.165) is 12.8 Å². The lowest BCUT2D eigenvalue weighted by molar-refractivity contribution is -0.137. The molecule has 0 bridgehead atoms. The molecule has 0 radical (unpaired) electrons. The maximum Gasteiger partial charge on any atom is 0.418 e. The van der Waals surface area contributed by atoms with Gasteiger partial charge in [-0.25, -0.2) is 0 Å². The highest BCUT2D eigenvalue weighted by molar-refractivity contribution is 5.56. The van der Waals surface area contributed by atoms with E-state index in [2.05, 4.69) is 5.32 Å². The molecule has 1 N–H and O–H groups in total. The van der Waals surface area contributed by atoms with E-state index in [9.17, 15) is 13.2 Å². The molecule has 0 spiro atoms. The fourth-order valence-corrected chi connectivity index (χ4v) is 2.62. The van der Waals surface area contributed by atoms with Crippen LogP contribution in [0.3, 0.4) is 0 Å². The summed E-state index contributed by atoms with van der Waals surface area (Å²) in [7, 11) is 3.48. The lowest BCUT2D eigenvalue weighted by Gasteiger charge is -2.32. The van der Waals surface area contributed by atoms with Gasteiger partial charge in [0.25, 0.3) is 0 Å². The van der Waals surface area contributed by atoms with Crippen LogP contribution < -0.4 is 10.2 Å². The van der Waals surface area contributed by atoms with Crippen molar-refractivity contribution in [3.8, 4) is 0 Å². The van der Waals surface area contributed by atoms with Gasteiger partial charge in [0.1, 0.15) is 0 Å². The molecule has 0 heterocycles. The molecule has 0 atom stereocenters. The summed E-state index contributed by atoms with van der Waals surface area (Å²) >= 11 is 0. The third-order valence-corrected chi connectivity index (χ3v) is 3.92. The first-order valence-corrected chi connectivity index (χ1v) is 6.97. The molecule has 1 saturated carbocycles. The van der Waals surface area contributed by atoms with E-state index in [-0.39, 0.29) is 5.69 Å². The van der Waals surface area contributed by atoms with E-state index in [4.69, 9.17) is 0 Å². The van der Waals surface area contributed by atoms with Crippen molar-refractivity contribution in [2.24, 2.45) is 5.92 Å². The Morgan fingerprint density at radius 2 is 2.00 bits per heavy atom. The normalized spacial score (nSPS) is 16.1. The Balaban J connectivity index is 2.25. The summed E-state index contributed by atoms with van der Waals surface area (Å²) in [6.45, 7) is 1.14. The van der Waals surface area contributed by atoms with Crippen LogP contribution >= 0.6 is 0 Å². The molecule has 20 heavy (non-hydrogen) atoms. The molecule has 0 unspecified atom stereocenters. The van der Waals surface area contributed by atoms with E-state index >= 15 is 0 Å². The third-order valence-electron chi connectivity index (χ3n) is 3.92. The number of nitrogens with zero attached hydrogens (tertiary/aromatic N) is 1. The molecule has 1 aromatic rings. The quantitative estimate of drug-likeness (QED) is 0.888. The average Bonchev–Trinajstić information content (AvgIpc) is 2.33. The lowest BCUT2D eigenvalue weighted by Crippen LogP contribution is -2.30. The predicted molar refractivity (Wildman–Crippen MR) is 74.8 cm³/mol. The molecule has 1 aromatic carbocycles. The van der Waals surface area contributed by atoms with Crippen molar-refractivity contribution in [2.45, 2.75) is 32.0 Å². The molecule has 1 fully saturated rings. The maximum atomic E-state index is 13.2. The first kappa shape index (κ1) is 15.2. The topological polar surface area (TPSA) is 15.3 Å². The van der Waals surface area contributed by atoms with Crippen molar-refractivity contribution < 1.29 is 13.2 Å². The summed E-state index contributed by atoms with van der Waals surface area (Å²) < 4.78 is 39.6. The number of nitrogens with one attached hydrogen (secondary N) is 1. The Labute approximate surface area is 118 Å². The van der Waals surface area contributed by atoms with Crippen LogP contribution in [0, 0.1) is 5.92 Å². The van der Waals surface area contributed by atoms with Crippen LogP contribution in [0.4, 0.5) is 18.9 Å². The Morgan fingerprint density at radius 3 is 2.50 bits per heavy atom. The van der Waals surface area contributed by atoms with E-state index < -0.39 is 11.7 Å². The van der Waals surface area contributed by atoms with E-state index in [1.54, 1.807) is 31.1 Å². The maximum absolute atomic E-state index is 13.2. The average molecular weight is 286 g/mol. The van der Waals surface area contributed by atoms with Gasteiger partial charge in [0.05, 0.1) is 5.56 Å². The third kappa shape index (κ3) is 3.45. The standard InChI is InChI=1S/C15H21F3N2/c1-19-9-12-6-7-14(13(8-12)15(16,17)18)20(2)10-11-4-3-5-11/h6-8,11,19H,3-5,9-10H2,1-2H3. The second kappa shape index (κ2) is 6.04. The van der Waals surface area contributed by atoms with Crippen LogP contribution in [0.5, 0.6) is 0 Å². The summed E-state index contributed by atoms with van der Waals surface area (Å²) in [4.78, 5) is 1.75. The van der Waals surface area contributed by atoms with Crippen LogP contribution in [0.1, 0.15) is 30.4 Å². The molecule has 0 aromatic heterocycles. The van der Waals surface area contributed by atoms with Gasteiger partial charge in [0.2, 0.25) is 0 Å². The lowest BCUT2D eigenvalue weighted by atomic mass is 9.85. The highest BCUT2D eigenvalue weighted by Gasteiger charge is 2.35. The van der Waals surface area contributed by atoms with Crippen LogP contribution in [0.15, 0.2) is 18.2 Å². The molecule has 0 saturated heterocycles. The van der Waals surface area contributed by atoms with E-state index in [0.29, 0.717) is 24.6 Å². The van der Waals surface area contributed by atoms with Crippen molar-refractivity contribution in [1.29, 1.82) is 0 Å². The Bertz CT molecular complexity index is 453. The number of rotatable bonds is 5. The Morgan fingerprint density at radius 1 is 1.30 bits per heavy atom. The molecule has 1 aliphatic carbocycles. The van der Waals surface area contributed by atoms with Gasteiger partial charge < -0.3 is 10.2 Å². The van der Waals surface area contributed by atoms with Gasteiger partial charge in [-0.05, 0) is 43.5 Å². The minimum Gasteiger partial charge on any atom is -0.374 e. The van der Waals surface area contributed by atoms with Gasteiger partial charge in [0.15, 0.2) is 0 Å². The summed E-state index contributed by atoms with van der Waals surface area (Å²) in [6.07, 6.45) is -0.855. The molecule has 2 nitrogen and oxygen atoms in total. The first-order chi connectivity index (χ1) is 9.41. The highest BCUT2D eigenvalue weighted by atomic mass is 19.4. The SMILES string of the molecule is CNCc1ccc(N(C)CC2CCC2)c(C(F)(F)F)c1. The molecule has 2 rings (SSSR count). The van der Waals surface area contributed by atoms with Crippen molar-refractivity contribution >= 4 is 5.69 Å². The predicted octanol–water partition coefficient (Wildman–Crippen LogP) is 3.66. The van der Waals surface area contributed by atoms with Gasteiger partial charge in [-0.3, -0.25) is 0 Å². The number of hydrogen-bond donors (Lipinski definition) is 1. The number of hydrogen-bond acceptors (Lipinski definition) is 2. The zero-order valence-electron chi connectivity index (χ0n) is 11.9. The van der Waals surface area contributed by atoms with Crippen LogP contribution in [-0.2, 0) is 12.7 Å². The minimum atomic E-state index is -4.31. The number of halogens is 3. The monoisotopic (exact) mass is 286 g/mol. The highest BCUT2D eigenvalue weighted by Crippen LogP contribution is 2.38. The largest absolute Gasteiger partial charge is 0.418 e. The first-order valence-electron chi connectivity index (χ1n) is 6.97. The number of alkyl halides is 3. The second-order valence-corrected chi connectivity index (χ2v) is 5.56. The van der Waals surface area contributed by atoms with Crippen molar-refractivity contribution in [1.82, 2.24) is 5.32 Å². The van der Waals surface area contributed by atoms with Crippen molar-refractivity contribution in [3.63, 3.8) is 0 Å². The molecular formula is C15H21F3N2. The minimum absolute atomic E-state index is 0.282. The van der Waals surface area contributed by atoms with Crippen molar-refractivity contribution in [3.05, 3.63) is 29.3 Å². The summed E-state index contributed by atoms with van der Waals surface area (Å²) in [5.41, 5.74) is 0.400. The van der Waals surface area contributed by atoms with E-state index in [1.807, 2.05) is 0 Å². The fourth-order valence-electron chi connectivity index (χ4n) is 2.62. The van der Waals surface area contributed by atoms with Crippen LogP contribution in [-0.4, -0.2) is 20.6 Å². The summed E-state index contributed by atoms with van der Waals surface area (Å²) in [5.74, 6) is 0.540. The van der Waals surface area contributed by atoms with E-state index in [1.165, 1.54) is 12.5 Å². The Kier molecular flexibility index (Phi) is 4.58. The number of benzene rings is 1. The summed E-state index contributed by atoms with van der Waals surface area (Å²) in [6, 6.07) is 4.61. The van der Waals surface area contributed by atoms with Crippen LogP contribution in [0.25, 0.3) is 0 Å². The molecule has 5 heteroatoms. The zero-order chi connectivity index (χ0) is 14.8. The van der Waals surface area contributed by atoms with Crippen LogP contribution in [0.2, 0.25) is 0 Å². The van der Waals surface area contributed by atoms with Gasteiger partial charge in [-0.2, -0.15) is 13.2 Å². The molecule has 112 valence electrons. The fraction of sp³-hybridized carbons (Fsp3) is 0.600. The molecular weight excluding hydrogens is 265 g/mol. The zero-order valence-corrected chi connectivity index (χ0v) is 11.9. The molecule has 0 amide bonds. The Hall–Kier alpha value is -1.23. The van der Waals surface area contributed by atoms with Gasteiger partial charge in [-0.1, -0.05) is 12.5 Å². The smallest absolute Gasteiger partial charge is 0.374 e. The number of anilines is 1.